The lowest BCUT2D eigenvalue weighted by atomic mass is 10.8. The smallest absolute Gasteiger partial charge is 0.207 e. The van der Waals surface area contributed by atoms with E-state index in [2.05, 4.69) is 0 Å². The second-order valence-electron chi connectivity index (χ2n) is 1.71. The Labute approximate surface area is 61.2 Å². The maximum Gasteiger partial charge on any atom is 0.207 e. The second kappa shape index (κ2) is 4.17. The zero-order chi connectivity index (χ0) is 8.20. The van der Waals surface area contributed by atoms with Gasteiger partial charge in [0.1, 0.15) is 0 Å². The van der Waals surface area contributed by atoms with Crippen molar-refractivity contribution < 1.29 is 13.3 Å². The Bertz CT molecular complexity index is 167. The molecule has 0 fully saturated rings. The van der Waals surface area contributed by atoms with Gasteiger partial charge in [-0.25, -0.2) is 4.72 Å². The first kappa shape index (κ1) is 10.2. The molecule has 0 bridgehead atoms. The molecule has 0 aliphatic rings. The van der Waals surface area contributed by atoms with Crippen molar-refractivity contribution in [2.75, 3.05) is 12.7 Å². The minimum absolute atomic E-state index is 0.0143. The van der Waals surface area contributed by atoms with Crippen LogP contribution in [-0.4, -0.2) is 21.5 Å². The Morgan fingerprint density at radius 3 is 2.40 bits per heavy atom. The highest BCUT2D eigenvalue weighted by atomic mass is 32.2. The van der Waals surface area contributed by atoms with Crippen LogP contribution in [0.3, 0.4) is 0 Å². The van der Waals surface area contributed by atoms with Gasteiger partial charge in [-0.15, -0.1) is 0 Å². The van der Waals surface area contributed by atoms with Crippen LogP contribution < -0.4 is 15.7 Å². The average Bonchev–Trinajstić information content (AvgIpc) is 1.59. The van der Waals surface area contributed by atoms with Crippen LogP contribution in [0.5, 0.6) is 0 Å². The van der Waals surface area contributed by atoms with E-state index >= 15 is 0 Å². The molecule has 0 aliphatic heterocycles. The van der Waals surface area contributed by atoms with E-state index in [1.807, 2.05) is 4.72 Å². The summed E-state index contributed by atoms with van der Waals surface area (Å²) in [6.07, 6.45) is -0.0268. The normalized spacial score (nSPS) is 15.1. The molecule has 0 saturated heterocycles. The highest BCUT2D eigenvalue weighted by molar-refractivity contribution is 7.77. The van der Waals surface area contributed by atoms with Crippen molar-refractivity contribution in [1.29, 1.82) is 0 Å². The third-order valence-electron chi connectivity index (χ3n) is 0.681. The van der Waals surface area contributed by atoms with Crippen molar-refractivity contribution in [1.82, 2.24) is 4.72 Å². The summed E-state index contributed by atoms with van der Waals surface area (Å²) < 4.78 is 32.1. The molecule has 5 N–H and O–H groups in total. The molecule has 6 nitrogen and oxygen atoms in total. The summed E-state index contributed by atoms with van der Waals surface area (Å²) in [6, 6.07) is 0. The van der Waals surface area contributed by atoms with Crippen LogP contribution in [0.25, 0.3) is 0 Å². The summed E-state index contributed by atoms with van der Waals surface area (Å²) in [7, 11) is -3.06. The third-order valence-corrected chi connectivity index (χ3v) is 2.04. The van der Waals surface area contributed by atoms with Gasteiger partial charge >= 0.3 is 0 Å². The number of hydrogen-bond acceptors (Lipinski definition) is 3. The van der Waals surface area contributed by atoms with Crippen LogP contribution in [0.1, 0.15) is 0 Å². The number of rotatable bonds is 4. The van der Waals surface area contributed by atoms with Crippen molar-refractivity contribution in [2.24, 2.45) is 11.0 Å². The topological polar surface area (TPSA) is 121 Å². The quantitative estimate of drug-likeness (QED) is 0.363. The predicted molar refractivity (Wildman–Crippen MR) is 37.8 cm³/mol. The highest BCUT2D eigenvalue weighted by Crippen LogP contribution is 2.22. The molecule has 0 saturated carbocycles. The molecule has 0 aromatic carbocycles. The monoisotopic (exact) mass is 186 g/mol. The van der Waals surface area contributed by atoms with Gasteiger partial charge in [0.05, 0.1) is 0 Å². The first-order valence-corrected chi connectivity index (χ1v) is 5.51. The van der Waals surface area contributed by atoms with Crippen LogP contribution in [0.2, 0.25) is 0 Å². The molecule has 1 atom stereocenters. The largest absolute Gasteiger partial charge is 0.760 e. The molecule has 0 heterocycles. The SMILES string of the molecule is NP(N)(=O)CCNS(=O)[O-]. The van der Waals surface area contributed by atoms with Gasteiger partial charge in [0, 0.05) is 24.0 Å². The maximum atomic E-state index is 10.5. The molecule has 0 rings (SSSR count). The standard InChI is InChI=1S/C2H10N3O3PS/c3-9(4,6)2-1-5-10(7)8/h5H,1-2H2,(H,7,8)(H4,3,4,6)/p-1. The predicted octanol–water partition coefficient (Wildman–Crippen LogP) is -1.52. The molecule has 1 unspecified atom stereocenters. The second-order valence-corrected chi connectivity index (χ2v) is 4.62. The summed E-state index contributed by atoms with van der Waals surface area (Å²) >= 11 is -2.33. The minimum atomic E-state index is -3.06. The van der Waals surface area contributed by atoms with E-state index in [-0.39, 0.29) is 12.7 Å². The van der Waals surface area contributed by atoms with Gasteiger partial charge in [-0.05, 0) is 0 Å². The van der Waals surface area contributed by atoms with Gasteiger partial charge in [-0.3, -0.25) is 19.8 Å². The van der Waals surface area contributed by atoms with Crippen LogP contribution in [0, 0.1) is 0 Å². The number of nitrogens with one attached hydrogen (secondary N) is 1. The lowest BCUT2D eigenvalue weighted by Crippen LogP contribution is -2.23. The van der Waals surface area contributed by atoms with Gasteiger partial charge in [-0.2, -0.15) is 0 Å². The van der Waals surface area contributed by atoms with Gasteiger partial charge in [-0.1, -0.05) is 0 Å². The molecule has 0 radical (unpaired) electrons. The molecule has 0 amide bonds. The lowest BCUT2D eigenvalue weighted by Gasteiger charge is -2.08. The van der Waals surface area contributed by atoms with Crippen LogP contribution in [0.4, 0.5) is 0 Å². The van der Waals surface area contributed by atoms with Crippen molar-refractivity contribution >= 4 is 18.7 Å². The molecule has 0 spiro atoms. The Morgan fingerprint density at radius 2 is 2.10 bits per heavy atom. The number of hydrogen-bond donors (Lipinski definition) is 3. The third kappa shape index (κ3) is 8.22. The van der Waals surface area contributed by atoms with Crippen LogP contribution in [-0.2, 0) is 15.8 Å². The maximum absolute atomic E-state index is 10.5. The van der Waals surface area contributed by atoms with Gasteiger partial charge in [0.25, 0.3) is 0 Å². The average molecular weight is 186 g/mol. The Balaban J connectivity index is 3.39. The van der Waals surface area contributed by atoms with Crippen molar-refractivity contribution in [3.05, 3.63) is 0 Å². The van der Waals surface area contributed by atoms with Gasteiger partial charge < -0.3 is 4.55 Å². The lowest BCUT2D eigenvalue weighted by molar-refractivity contribution is 0.524. The molecule has 8 heteroatoms. The molecular formula is C2H9N3O3PS-. The van der Waals surface area contributed by atoms with Gasteiger partial charge in [0.2, 0.25) is 7.44 Å². The van der Waals surface area contributed by atoms with E-state index in [0.29, 0.717) is 0 Å². The number of nitrogens with two attached hydrogens (primary N) is 2. The summed E-state index contributed by atoms with van der Waals surface area (Å²) in [5, 5.41) is 0. The zero-order valence-electron chi connectivity index (χ0n) is 5.15. The molecule has 0 aliphatic carbocycles. The summed E-state index contributed by atoms with van der Waals surface area (Å²) in [5.41, 5.74) is 9.83. The first-order valence-electron chi connectivity index (χ1n) is 2.41. The fourth-order valence-electron chi connectivity index (χ4n) is 0.304. The van der Waals surface area contributed by atoms with E-state index in [9.17, 15) is 13.3 Å². The van der Waals surface area contributed by atoms with Crippen molar-refractivity contribution in [3.8, 4) is 0 Å². The molecule has 10 heavy (non-hydrogen) atoms. The van der Waals surface area contributed by atoms with Crippen molar-refractivity contribution in [3.63, 3.8) is 0 Å². The van der Waals surface area contributed by atoms with Crippen molar-refractivity contribution in [2.45, 2.75) is 0 Å². The minimum Gasteiger partial charge on any atom is -0.760 e. The summed E-state index contributed by atoms with van der Waals surface area (Å²) in [5.74, 6) is 0. The van der Waals surface area contributed by atoms with E-state index < -0.39 is 18.7 Å². The summed E-state index contributed by atoms with van der Waals surface area (Å²) in [6.45, 7) is 0.0143. The first-order chi connectivity index (χ1) is 4.42. The van der Waals surface area contributed by atoms with E-state index in [1.165, 1.54) is 0 Å². The molecule has 62 valence electrons. The van der Waals surface area contributed by atoms with Gasteiger partial charge in [0.15, 0.2) is 0 Å². The van der Waals surface area contributed by atoms with E-state index in [4.69, 9.17) is 11.0 Å². The Hall–Kier alpha value is 0.220. The van der Waals surface area contributed by atoms with Crippen LogP contribution in [0.15, 0.2) is 0 Å². The Kier molecular flexibility index (Phi) is 4.26. The highest BCUT2D eigenvalue weighted by Gasteiger charge is 2.05. The summed E-state index contributed by atoms with van der Waals surface area (Å²) in [4.78, 5) is 0. The molecular weight excluding hydrogens is 177 g/mol. The van der Waals surface area contributed by atoms with E-state index in [1.54, 1.807) is 0 Å². The van der Waals surface area contributed by atoms with E-state index in [0.717, 1.165) is 0 Å². The zero-order valence-corrected chi connectivity index (χ0v) is 6.86. The fraction of sp³-hybridized carbons (Fsp3) is 1.00. The molecule has 0 aromatic rings. The Morgan fingerprint density at radius 1 is 1.60 bits per heavy atom. The fourth-order valence-corrected chi connectivity index (χ4v) is 1.19. The molecule has 0 aromatic heterocycles. The van der Waals surface area contributed by atoms with Crippen LogP contribution >= 0.6 is 7.44 Å².